The van der Waals surface area contributed by atoms with Crippen molar-refractivity contribution < 1.29 is 0 Å². The summed E-state index contributed by atoms with van der Waals surface area (Å²) in [6.07, 6.45) is 0. The summed E-state index contributed by atoms with van der Waals surface area (Å²) in [6.45, 7) is 7.50. The van der Waals surface area contributed by atoms with Crippen LogP contribution < -0.4 is 5.32 Å². The molecule has 0 fully saturated rings. The molecule has 0 spiro atoms. The van der Waals surface area contributed by atoms with Crippen LogP contribution in [-0.2, 0) is 0 Å². The predicted molar refractivity (Wildman–Crippen MR) is 38.2 cm³/mol. The van der Waals surface area contributed by atoms with Crippen LogP contribution in [0.25, 0.3) is 0 Å². The molecule has 0 heterocycles. The lowest BCUT2D eigenvalue weighted by Gasteiger charge is -2.17. The fourth-order valence-electron chi connectivity index (χ4n) is 0.422. The molecule has 8 heavy (non-hydrogen) atoms. The van der Waals surface area contributed by atoms with Gasteiger partial charge in [0.05, 0.1) is 6.00 Å². The number of alkyl halides is 1. The molecule has 0 aromatic rings. The van der Waals surface area contributed by atoms with E-state index in [1.165, 1.54) is 0 Å². The van der Waals surface area contributed by atoms with Gasteiger partial charge in [0.1, 0.15) is 0 Å². The van der Waals surface area contributed by atoms with Gasteiger partial charge in [-0.2, -0.15) is 0 Å². The molecule has 0 aliphatic rings. The molecule has 0 rings (SSSR count). The van der Waals surface area contributed by atoms with E-state index in [0.717, 1.165) is 6.54 Å². The summed E-state index contributed by atoms with van der Waals surface area (Å²) in [5.74, 6) is 0. The molecule has 0 aliphatic carbocycles. The lowest BCUT2D eigenvalue weighted by atomic mass is 9.97. The van der Waals surface area contributed by atoms with Crippen molar-refractivity contribution in [3.05, 3.63) is 0 Å². The predicted octanol–water partition coefficient (Wildman–Crippen LogP) is 1.82. The maximum absolute atomic E-state index is 5.40. The Hall–Kier alpha value is 0.250. The SMILES string of the molecule is CC(C)(C)CNCCl. The van der Waals surface area contributed by atoms with Gasteiger partial charge < -0.3 is 5.32 Å². The molecule has 1 nitrogen and oxygen atoms in total. The van der Waals surface area contributed by atoms with E-state index in [2.05, 4.69) is 26.1 Å². The molecule has 50 valence electrons. The van der Waals surface area contributed by atoms with E-state index in [9.17, 15) is 0 Å². The van der Waals surface area contributed by atoms with Crippen molar-refractivity contribution >= 4 is 11.6 Å². The van der Waals surface area contributed by atoms with Crippen LogP contribution in [0.5, 0.6) is 0 Å². The number of rotatable bonds is 2. The molecule has 2 heteroatoms. The summed E-state index contributed by atoms with van der Waals surface area (Å²) in [5, 5.41) is 3.05. The van der Waals surface area contributed by atoms with Crippen molar-refractivity contribution in [3.63, 3.8) is 0 Å². The molecule has 0 saturated heterocycles. The zero-order valence-electron chi connectivity index (χ0n) is 5.79. The Bertz CT molecular complexity index is 56.0. The number of nitrogens with one attached hydrogen (secondary N) is 1. The Morgan fingerprint density at radius 2 is 1.88 bits per heavy atom. The minimum Gasteiger partial charge on any atom is -0.303 e. The molecule has 1 N–H and O–H groups in total. The summed E-state index contributed by atoms with van der Waals surface area (Å²) >= 11 is 5.40. The van der Waals surface area contributed by atoms with Crippen LogP contribution in [0.4, 0.5) is 0 Å². The van der Waals surface area contributed by atoms with Crippen molar-refractivity contribution in [2.24, 2.45) is 5.41 Å². The average Bonchev–Trinajstić information content (AvgIpc) is 1.59. The largest absolute Gasteiger partial charge is 0.303 e. The van der Waals surface area contributed by atoms with Crippen LogP contribution in [0.2, 0.25) is 0 Å². The van der Waals surface area contributed by atoms with Gasteiger partial charge in [0, 0.05) is 6.54 Å². The maximum atomic E-state index is 5.40. The summed E-state index contributed by atoms with van der Waals surface area (Å²) < 4.78 is 0. The Kier molecular flexibility index (Phi) is 3.41. The molecule has 0 aromatic carbocycles. The Morgan fingerprint density at radius 3 is 2.00 bits per heavy atom. The summed E-state index contributed by atoms with van der Waals surface area (Å²) in [5.41, 5.74) is 0.356. The minimum absolute atomic E-state index is 0.356. The second-order valence-corrected chi connectivity index (χ2v) is 3.39. The Balaban J connectivity index is 3.11. The highest BCUT2D eigenvalue weighted by atomic mass is 35.5. The highest BCUT2D eigenvalue weighted by Crippen LogP contribution is 2.09. The first-order valence-electron chi connectivity index (χ1n) is 2.83. The van der Waals surface area contributed by atoms with Crippen molar-refractivity contribution in [2.75, 3.05) is 12.5 Å². The van der Waals surface area contributed by atoms with Crippen LogP contribution in [0.3, 0.4) is 0 Å². The van der Waals surface area contributed by atoms with Gasteiger partial charge in [-0.15, -0.1) is 11.6 Å². The van der Waals surface area contributed by atoms with Crippen molar-refractivity contribution in [1.29, 1.82) is 0 Å². The highest BCUT2D eigenvalue weighted by molar-refractivity contribution is 6.17. The average molecular weight is 136 g/mol. The second kappa shape index (κ2) is 3.31. The van der Waals surface area contributed by atoms with Crippen LogP contribution in [0.1, 0.15) is 20.8 Å². The van der Waals surface area contributed by atoms with Gasteiger partial charge in [-0.05, 0) is 5.41 Å². The monoisotopic (exact) mass is 135 g/mol. The van der Waals surface area contributed by atoms with Gasteiger partial charge in [-0.1, -0.05) is 20.8 Å². The summed E-state index contributed by atoms with van der Waals surface area (Å²) in [4.78, 5) is 0. The van der Waals surface area contributed by atoms with Gasteiger partial charge in [-0.3, -0.25) is 0 Å². The molecule has 0 unspecified atom stereocenters. The van der Waals surface area contributed by atoms with Crippen LogP contribution in [-0.4, -0.2) is 12.5 Å². The minimum atomic E-state index is 0.356. The summed E-state index contributed by atoms with van der Waals surface area (Å²) in [7, 11) is 0. The van der Waals surface area contributed by atoms with E-state index < -0.39 is 0 Å². The molecule has 0 radical (unpaired) electrons. The number of hydrogen-bond acceptors (Lipinski definition) is 1. The Morgan fingerprint density at radius 1 is 1.38 bits per heavy atom. The van der Waals surface area contributed by atoms with E-state index in [0.29, 0.717) is 11.4 Å². The van der Waals surface area contributed by atoms with Crippen molar-refractivity contribution in [3.8, 4) is 0 Å². The van der Waals surface area contributed by atoms with E-state index in [4.69, 9.17) is 11.6 Å². The zero-order valence-corrected chi connectivity index (χ0v) is 6.55. The molecule has 0 aromatic heterocycles. The molecule has 0 saturated carbocycles. The van der Waals surface area contributed by atoms with Crippen LogP contribution in [0, 0.1) is 5.41 Å². The second-order valence-electron chi connectivity index (χ2n) is 3.12. The topological polar surface area (TPSA) is 12.0 Å². The van der Waals surface area contributed by atoms with Gasteiger partial charge in [0.25, 0.3) is 0 Å². The molecule has 0 amide bonds. The first-order chi connectivity index (χ1) is 3.56. The lowest BCUT2D eigenvalue weighted by molar-refractivity contribution is 0.392. The number of hydrogen-bond donors (Lipinski definition) is 1. The zero-order chi connectivity index (χ0) is 6.62. The molecule has 0 bridgehead atoms. The van der Waals surface area contributed by atoms with E-state index in [-0.39, 0.29) is 0 Å². The standard InChI is InChI=1S/C6H14ClN/c1-6(2,3)4-8-5-7/h8H,4-5H2,1-3H3. The van der Waals surface area contributed by atoms with Gasteiger partial charge in [0.15, 0.2) is 0 Å². The number of halogens is 1. The molecular formula is C6H14ClN. The third-order valence-corrected chi connectivity index (χ3v) is 0.939. The van der Waals surface area contributed by atoms with Crippen molar-refractivity contribution in [2.45, 2.75) is 20.8 Å². The van der Waals surface area contributed by atoms with Gasteiger partial charge in [-0.25, -0.2) is 0 Å². The molecule has 0 aliphatic heterocycles. The normalized spacial score (nSPS) is 12.0. The molecule has 0 atom stereocenters. The third-order valence-electron chi connectivity index (χ3n) is 0.750. The Labute approximate surface area is 56.4 Å². The van der Waals surface area contributed by atoms with Crippen molar-refractivity contribution in [1.82, 2.24) is 5.32 Å². The lowest BCUT2D eigenvalue weighted by Crippen LogP contribution is -2.25. The van der Waals surface area contributed by atoms with Gasteiger partial charge in [0.2, 0.25) is 0 Å². The van der Waals surface area contributed by atoms with E-state index in [1.807, 2.05) is 0 Å². The first kappa shape index (κ1) is 8.25. The van der Waals surface area contributed by atoms with Gasteiger partial charge >= 0.3 is 0 Å². The third kappa shape index (κ3) is 6.25. The smallest absolute Gasteiger partial charge is 0.0713 e. The van der Waals surface area contributed by atoms with Crippen LogP contribution in [0.15, 0.2) is 0 Å². The molecular weight excluding hydrogens is 122 g/mol. The first-order valence-corrected chi connectivity index (χ1v) is 3.36. The summed E-state index contributed by atoms with van der Waals surface area (Å²) in [6, 6.07) is 0.553. The maximum Gasteiger partial charge on any atom is 0.0713 e. The van der Waals surface area contributed by atoms with E-state index in [1.54, 1.807) is 0 Å². The fourth-order valence-corrected chi connectivity index (χ4v) is 0.517. The fraction of sp³-hybridized carbons (Fsp3) is 1.00. The quantitative estimate of drug-likeness (QED) is 0.450. The van der Waals surface area contributed by atoms with Crippen LogP contribution >= 0.6 is 11.6 Å². The highest BCUT2D eigenvalue weighted by Gasteiger charge is 2.07. The van der Waals surface area contributed by atoms with E-state index >= 15 is 0 Å².